The summed E-state index contributed by atoms with van der Waals surface area (Å²) in [4.78, 5) is 34.2. The van der Waals surface area contributed by atoms with Crippen molar-refractivity contribution in [2.45, 2.75) is 0 Å². The molecule has 0 bridgehead atoms. The molecule has 0 aliphatic heterocycles. The average Bonchev–Trinajstić information content (AvgIpc) is 2.86. The first kappa shape index (κ1) is 15.0. The van der Waals surface area contributed by atoms with Crippen LogP contribution in [-0.2, 0) is 19.0 Å². The molecule has 1 aromatic rings. The van der Waals surface area contributed by atoms with Gasteiger partial charge in [-0.3, -0.25) is 0 Å². The van der Waals surface area contributed by atoms with Crippen LogP contribution >= 0.6 is 11.3 Å². The van der Waals surface area contributed by atoms with Gasteiger partial charge in [-0.2, -0.15) is 0 Å². The van der Waals surface area contributed by atoms with E-state index in [9.17, 15) is 14.4 Å². The summed E-state index contributed by atoms with van der Waals surface area (Å²) >= 11 is 0.959. The van der Waals surface area contributed by atoms with Gasteiger partial charge in [0, 0.05) is 5.38 Å². The molecule has 0 atom stereocenters. The Labute approximate surface area is 113 Å². The number of carbonyl (C=O) groups excluding carboxylic acids is 3. The van der Waals surface area contributed by atoms with Crippen LogP contribution in [0.1, 0.15) is 20.0 Å². The van der Waals surface area contributed by atoms with Gasteiger partial charge >= 0.3 is 17.9 Å². The van der Waals surface area contributed by atoms with Crippen LogP contribution in [0.3, 0.4) is 0 Å². The van der Waals surface area contributed by atoms with Crippen molar-refractivity contribution in [3.63, 3.8) is 0 Å². The van der Waals surface area contributed by atoms with E-state index in [2.05, 4.69) is 14.2 Å². The Hall–Kier alpha value is -2.09. The number of hydrogen-bond donors (Lipinski definition) is 0. The van der Waals surface area contributed by atoms with E-state index >= 15 is 0 Å². The van der Waals surface area contributed by atoms with Crippen molar-refractivity contribution in [2.75, 3.05) is 27.9 Å². The van der Waals surface area contributed by atoms with Crippen LogP contribution in [-0.4, -0.2) is 45.8 Å². The van der Waals surface area contributed by atoms with E-state index in [0.717, 1.165) is 11.3 Å². The molecule has 0 spiro atoms. The summed E-state index contributed by atoms with van der Waals surface area (Å²) in [5.41, 5.74) is -0.0664. The lowest BCUT2D eigenvalue weighted by atomic mass is 10.2. The summed E-state index contributed by atoms with van der Waals surface area (Å²) in [7, 11) is 3.57. The number of carbonyl (C=O) groups is 3. The number of hydrogen-bond acceptors (Lipinski definition) is 8. The summed E-state index contributed by atoms with van der Waals surface area (Å²) in [5.74, 6) is -1.97. The van der Waals surface area contributed by atoms with Gasteiger partial charge in [-0.1, -0.05) is 0 Å². The standard InChI is InChI=1S/C11H12O7S/c1-15-7(12)4-18-6-5-19-9(11(14)17-3)8(6)10(13)16-2/h5H,4H2,1-3H3. The molecule has 0 aliphatic rings. The second-order valence-corrected chi connectivity index (χ2v) is 4.03. The van der Waals surface area contributed by atoms with Crippen LogP contribution in [0, 0.1) is 0 Å². The molecule has 1 rings (SSSR count). The van der Waals surface area contributed by atoms with Gasteiger partial charge in [0.25, 0.3) is 0 Å². The van der Waals surface area contributed by atoms with Crippen LogP contribution in [0.4, 0.5) is 0 Å². The topological polar surface area (TPSA) is 88.1 Å². The van der Waals surface area contributed by atoms with Gasteiger partial charge in [-0.25, -0.2) is 14.4 Å². The van der Waals surface area contributed by atoms with E-state index < -0.39 is 17.9 Å². The van der Waals surface area contributed by atoms with E-state index in [-0.39, 0.29) is 22.8 Å². The molecule has 0 aliphatic carbocycles. The van der Waals surface area contributed by atoms with Gasteiger partial charge < -0.3 is 18.9 Å². The van der Waals surface area contributed by atoms with Crippen LogP contribution in [0.25, 0.3) is 0 Å². The lowest BCUT2D eigenvalue weighted by Crippen LogP contribution is -2.15. The van der Waals surface area contributed by atoms with Crippen molar-refractivity contribution in [3.05, 3.63) is 15.8 Å². The zero-order chi connectivity index (χ0) is 14.4. The zero-order valence-corrected chi connectivity index (χ0v) is 11.4. The van der Waals surface area contributed by atoms with Gasteiger partial charge in [-0.15, -0.1) is 11.3 Å². The first-order valence-electron chi connectivity index (χ1n) is 5.02. The molecule has 1 aromatic heterocycles. The van der Waals surface area contributed by atoms with Crippen LogP contribution < -0.4 is 4.74 Å². The Morgan fingerprint density at radius 3 is 2.21 bits per heavy atom. The maximum absolute atomic E-state index is 11.6. The monoisotopic (exact) mass is 288 g/mol. The first-order chi connectivity index (χ1) is 9.04. The molecule has 0 amide bonds. The molecule has 0 saturated carbocycles. The van der Waals surface area contributed by atoms with Crippen molar-refractivity contribution < 1.29 is 33.3 Å². The number of esters is 3. The molecule has 8 heteroatoms. The summed E-state index contributed by atoms with van der Waals surface area (Å²) in [6.07, 6.45) is 0. The minimum atomic E-state index is -0.749. The molecule has 7 nitrogen and oxygen atoms in total. The molecule has 0 N–H and O–H groups in total. The molecule has 0 saturated heterocycles. The fourth-order valence-corrected chi connectivity index (χ4v) is 2.07. The fourth-order valence-electron chi connectivity index (χ4n) is 1.18. The molecule has 0 unspecified atom stereocenters. The Bertz CT molecular complexity index is 491. The predicted octanol–water partition coefficient (Wildman–Crippen LogP) is 0.873. The largest absolute Gasteiger partial charge is 0.480 e. The summed E-state index contributed by atoms with van der Waals surface area (Å²) in [6.45, 7) is -0.377. The third-order valence-corrected chi connectivity index (χ3v) is 3.03. The fraction of sp³-hybridized carbons (Fsp3) is 0.364. The summed E-state index contributed by atoms with van der Waals surface area (Å²) in [6, 6.07) is 0. The second-order valence-electron chi connectivity index (χ2n) is 3.15. The lowest BCUT2D eigenvalue weighted by Gasteiger charge is -2.06. The maximum Gasteiger partial charge on any atom is 0.349 e. The molecular weight excluding hydrogens is 276 g/mol. The van der Waals surface area contributed by atoms with Crippen LogP contribution in [0.2, 0.25) is 0 Å². The molecule has 1 heterocycles. The van der Waals surface area contributed by atoms with Crippen molar-refractivity contribution in [3.8, 4) is 5.75 Å². The summed E-state index contributed by atoms with van der Waals surface area (Å²) in [5, 5.41) is 1.42. The Balaban J connectivity index is 3.04. The highest BCUT2D eigenvalue weighted by molar-refractivity contribution is 7.12. The highest BCUT2D eigenvalue weighted by Gasteiger charge is 2.26. The number of ether oxygens (including phenoxy) is 4. The molecule has 19 heavy (non-hydrogen) atoms. The van der Waals surface area contributed by atoms with Crippen molar-refractivity contribution in [1.82, 2.24) is 0 Å². The highest BCUT2D eigenvalue weighted by Crippen LogP contribution is 2.30. The quantitative estimate of drug-likeness (QED) is 0.586. The molecule has 0 aromatic carbocycles. The summed E-state index contributed by atoms with van der Waals surface area (Å²) < 4.78 is 18.6. The van der Waals surface area contributed by atoms with E-state index in [4.69, 9.17) is 4.74 Å². The Morgan fingerprint density at radius 1 is 1.05 bits per heavy atom. The Kier molecular flexibility index (Phi) is 5.31. The van der Waals surface area contributed by atoms with E-state index in [1.807, 2.05) is 0 Å². The third kappa shape index (κ3) is 3.44. The van der Waals surface area contributed by atoms with Gasteiger partial charge in [0.15, 0.2) is 6.61 Å². The van der Waals surface area contributed by atoms with Gasteiger partial charge in [0.1, 0.15) is 16.2 Å². The van der Waals surface area contributed by atoms with Gasteiger partial charge in [0.05, 0.1) is 21.3 Å². The predicted molar refractivity (Wildman–Crippen MR) is 64.5 cm³/mol. The maximum atomic E-state index is 11.6. The van der Waals surface area contributed by atoms with Crippen LogP contribution in [0.15, 0.2) is 5.38 Å². The molecule has 104 valence electrons. The number of thiophene rings is 1. The van der Waals surface area contributed by atoms with Gasteiger partial charge in [-0.05, 0) is 0 Å². The first-order valence-corrected chi connectivity index (χ1v) is 5.90. The highest BCUT2D eigenvalue weighted by atomic mass is 32.1. The third-order valence-electron chi connectivity index (χ3n) is 2.09. The normalized spacial score (nSPS) is 9.63. The van der Waals surface area contributed by atoms with Crippen molar-refractivity contribution >= 4 is 29.2 Å². The van der Waals surface area contributed by atoms with Gasteiger partial charge in [0.2, 0.25) is 0 Å². The lowest BCUT2D eigenvalue weighted by molar-refractivity contribution is -0.142. The number of rotatable bonds is 5. The SMILES string of the molecule is COC(=O)COc1csc(C(=O)OC)c1C(=O)OC. The average molecular weight is 288 g/mol. The Morgan fingerprint density at radius 2 is 1.68 bits per heavy atom. The van der Waals surface area contributed by atoms with Crippen LogP contribution in [0.5, 0.6) is 5.75 Å². The zero-order valence-electron chi connectivity index (χ0n) is 10.6. The molecule has 0 radical (unpaired) electrons. The van der Waals surface area contributed by atoms with Crippen molar-refractivity contribution in [2.24, 2.45) is 0 Å². The number of methoxy groups -OCH3 is 3. The second kappa shape index (κ2) is 6.74. The molecule has 0 fully saturated rings. The van der Waals surface area contributed by atoms with E-state index in [1.54, 1.807) is 0 Å². The molecular formula is C11H12O7S. The minimum absolute atomic E-state index is 0.0502. The van der Waals surface area contributed by atoms with E-state index in [0.29, 0.717) is 0 Å². The minimum Gasteiger partial charge on any atom is -0.480 e. The smallest absolute Gasteiger partial charge is 0.349 e. The van der Waals surface area contributed by atoms with Crippen molar-refractivity contribution in [1.29, 1.82) is 0 Å². The van der Waals surface area contributed by atoms with E-state index in [1.165, 1.54) is 26.7 Å².